The largest absolute Gasteiger partial charge is 0.491 e. The Hall–Kier alpha value is -2.94. The van der Waals surface area contributed by atoms with Gasteiger partial charge in [-0.25, -0.2) is 13.4 Å². The monoisotopic (exact) mass is 440 g/mol. The van der Waals surface area contributed by atoms with Crippen molar-refractivity contribution in [2.75, 3.05) is 12.9 Å². The van der Waals surface area contributed by atoms with E-state index in [9.17, 15) is 13.2 Å². The third-order valence-corrected chi connectivity index (χ3v) is 7.14. The summed E-state index contributed by atoms with van der Waals surface area (Å²) in [6, 6.07) is 5.58. The Labute approximate surface area is 180 Å². The molecule has 2 aromatic heterocycles. The van der Waals surface area contributed by atoms with Crippen molar-refractivity contribution in [3.8, 4) is 17.1 Å². The van der Waals surface area contributed by atoms with Crippen LogP contribution in [0.1, 0.15) is 24.8 Å². The lowest BCUT2D eigenvalue weighted by Crippen LogP contribution is -2.26. The highest BCUT2D eigenvalue weighted by atomic mass is 32.2. The predicted octanol–water partition coefficient (Wildman–Crippen LogP) is 2.34. The van der Waals surface area contributed by atoms with Crippen molar-refractivity contribution >= 4 is 26.8 Å². The molecule has 3 aromatic rings. The predicted molar refractivity (Wildman–Crippen MR) is 115 cm³/mol. The maximum Gasteiger partial charge on any atom is 0.221 e. The third kappa shape index (κ3) is 3.78. The number of aromatic nitrogens is 3. The Morgan fingerprint density at radius 2 is 2.10 bits per heavy atom. The fourth-order valence-corrected chi connectivity index (χ4v) is 4.95. The van der Waals surface area contributed by atoms with Crippen molar-refractivity contribution in [1.82, 2.24) is 14.5 Å². The normalized spacial score (nSPS) is 17.2. The van der Waals surface area contributed by atoms with Crippen LogP contribution in [0.15, 0.2) is 35.5 Å². The van der Waals surface area contributed by atoms with Gasteiger partial charge in [0.05, 0.1) is 17.0 Å². The SMILES string of the molecule is CS(=O)(=O)c1cncc(-c2nc3cc(C[C@H](C(N)=O)C4CC4)cc4c3n2CCCO4)c1. The maximum atomic E-state index is 12.0. The van der Waals surface area contributed by atoms with Gasteiger partial charge in [-0.05, 0) is 55.4 Å². The zero-order valence-corrected chi connectivity index (χ0v) is 18.1. The van der Waals surface area contributed by atoms with Crippen LogP contribution in [-0.4, -0.2) is 41.7 Å². The van der Waals surface area contributed by atoms with Crippen LogP contribution in [0.25, 0.3) is 22.4 Å². The molecule has 8 nitrogen and oxygen atoms in total. The number of sulfone groups is 1. The van der Waals surface area contributed by atoms with Gasteiger partial charge < -0.3 is 15.0 Å². The van der Waals surface area contributed by atoms with Crippen molar-refractivity contribution in [3.05, 3.63) is 36.2 Å². The number of pyridine rings is 1. The van der Waals surface area contributed by atoms with Gasteiger partial charge in [-0.3, -0.25) is 9.78 Å². The Morgan fingerprint density at radius 1 is 1.29 bits per heavy atom. The second kappa shape index (κ2) is 7.33. The van der Waals surface area contributed by atoms with Gasteiger partial charge in [0.25, 0.3) is 0 Å². The molecule has 162 valence electrons. The molecule has 1 aliphatic heterocycles. The molecule has 0 unspecified atom stereocenters. The van der Waals surface area contributed by atoms with Crippen LogP contribution in [0.4, 0.5) is 0 Å². The van der Waals surface area contributed by atoms with E-state index in [2.05, 4.69) is 9.55 Å². The Balaban J connectivity index is 1.63. The fraction of sp³-hybridized carbons (Fsp3) is 0.409. The van der Waals surface area contributed by atoms with E-state index in [-0.39, 0.29) is 16.7 Å². The molecule has 0 saturated heterocycles. The van der Waals surface area contributed by atoms with Crippen molar-refractivity contribution in [2.24, 2.45) is 17.6 Å². The van der Waals surface area contributed by atoms with Gasteiger partial charge in [0.2, 0.25) is 5.91 Å². The molecule has 0 bridgehead atoms. The number of benzene rings is 1. The molecule has 1 aromatic carbocycles. The van der Waals surface area contributed by atoms with E-state index in [0.717, 1.165) is 47.9 Å². The standard InChI is InChI=1S/C22H24N4O4S/c1-31(28,29)16-10-15(11-24-12-16)22-25-18-8-13(7-17(21(23)27)14-3-4-14)9-19-20(18)26(22)5-2-6-30-19/h8-12,14,17H,2-7H2,1H3,(H2,23,27)/t17-/m0/s1. The van der Waals surface area contributed by atoms with Crippen LogP contribution in [0.5, 0.6) is 5.75 Å². The summed E-state index contributed by atoms with van der Waals surface area (Å²) >= 11 is 0. The lowest BCUT2D eigenvalue weighted by atomic mass is 9.94. The van der Waals surface area contributed by atoms with E-state index in [0.29, 0.717) is 36.9 Å². The smallest absolute Gasteiger partial charge is 0.221 e. The summed E-state index contributed by atoms with van der Waals surface area (Å²) in [4.78, 5) is 21.0. The number of ether oxygens (including phenoxy) is 1. The Morgan fingerprint density at radius 3 is 2.81 bits per heavy atom. The van der Waals surface area contributed by atoms with Crippen LogP contribution in [0.2, 0.25) is 0 Å². The lowest BCUT2D eigenvalue weighted by Gasteiger charge is -2.13. The van der Waals surface area contributed by atoms with Crippen molar-refractivity contribution in [2.45, 2.75) is 37.1 Å². The number of aryl methyl sites for hydroxylation is 1. The number of carbonyl (C=O) groups excluding carboxylic acids is 1. The summed E-state index contributed by atoms with van der Waals surface area (Å²) in [5.41, 5.74) is 8.90. The summed E-state index contributed by atoms with van der Waals surface area (Å²) < 4.78 is 32.1. The zero-order chi connectivity index (χ0) is 21.8. The highest BCUT2D eigenvalue weighted by molar-refractivity contribution is 7.90. The minimum Gasteiger partial charge on any atom is -0.491 e. The molecule has 1 saturated carbocycles. The Bertz CT molecular complexity index is 1290. The molecular weight excluding hydrogens is 416 g/mol. The molecule has 31 heavy (non-hydrogen) atoms. The Kier molecular flexibility index (Phi) is 4.73. The minimum atomic E-state index is -3.38. The van der Waals surface area contributed by atoms with E-state index in [1.807, 2.05) is 12.1 Å². The first-order valence-electron chi connectivity index (χ1n) is 10.4. The summed E-state index contributed by atoms with van der Waals surface area (Å²) in [6.45, 7) is 1.27. The minimum absolute atomic E-state index is 0.157. The first-order chi connectivity index (χ1) is 14.8. The number of amides is 1. The lowest BCUT2D eigenvalue weighted by molar-refractivity contribution is -0.122. The highest BCUT2D eigenvalue weighted by Gasteiger charge is 2.35. The van der Waals surface area contributed by atoms with Crippen molar-refractivity contribution < 1.29 is 17.9 Å². The molecule has 3 heterocycles. The molecule has 9 heteroatoms. The van der Waals surface area contributed by atoms with Gasteiger partial charge in [-0.15, -0.1) is 0 Å². The van der Waals surface area contributed by atoms with Gasteiger partial charge in [-0.2, -0.15) is 0 Å². The van der Waals surface area contributed by atoms with Gasteiger partial charge in [0.1, 0.15) is 17.1 Å². The topological polar surface area (TPSA) is 117 Å². The molecule has 2 aliphatic rings. The molecule has 2 N–H and O–H groups in total. The first-order valence-corrected chi connectivity index (χ1v) is 12.3. The second-order valence-electron chi connectivity index (χ2n) is 8.48. The summed E-state index contributed by atoms with van der Waals surface area (Å²) in [7, 11) is -3.38. The molecule has 1 atom stereocenters. The van der Waals surface area contributed by atoms with Crippen LogP contribution in [0, 0.1) is 11.8 Å². The van der Waals surface area contributed by atoms with Gasteiger partial charge in [0.15, 0.2) is 9.84 Å². The molecule has 0 spiro atoms. The molecule has 1 aliphatic carbocycles. The summed E-state index contributed by atoms with van der Waals surface area (Å²) in [5, 5.41) is 0. The molecule has 1 amide bonds. The van der Waals surface area contributed by atoms with E-state index >= 15 is 0 Å². The first kappa shape index (κ1) is 20.0. The number of carbonyl (C=O) groups is 1. The summed E-state index contributed by atoms with van der Waals surface area (Å²) in [6.07, 6.45) is 7.59. The molecule has 0 radical (unpaired) electrons. The zero-order valence-electron chi connectivity index (χ0n) is 17.2. The van der Waals surface area contributed by atoms with Gasteiger partial charge in [-0.1, -0.05) is 0 Å². The van der Waals surface area contributed by atoms with E-state index in [1.54, 1.807) is 12.3 Å². The summed E-state index contributed by atoms with van der Waals surface area (Å²) in [5.74, 6) is 1.32. The number of hydrogen-bond acceptors (Lipinski definition) is 6. The highest BCUT2D eigenvalue weighted by Crippen LogP contribution is 2.40. The molecule has 5 rings (SSSR count). The average Bonchev–Trinajstić information content (AvgIpc) is 3.51. The average molecular weight is 441 g/mol. The van der Waals surface area contributed by atoms with E-state index in [4.69, 9.17) is 15.5 Å². The van der Waals surface area contributed by atoms with E-state index < -0.39 is 9.84 Å². The number of nitrogens with two attached hydrogens (primary N) is 1. The van der Waals surface area contributed by atoms with Crippen LogP contribution < -0.4 is 10.5 Å². The second-order valence-corrected chi connectivity index (χ2v) is 10.5. The maximum absolute atomic E-state index is 12.0. The number of rotatable bonds is 6. The molecular formula is C22H24N4O4S. The number of imidazole rings is 1. The van der Waals surface area contributed by atoms with Gasteiger partial charge >= 0.3 is 0 Å². The number of nitrogens with zero attached hydrogens (tertiary/aromatic N) is 3. The van der Waals surface area contributed by atoms with Crippen LogP contribution in [-0.2, 0) is 27.6 Å². The number of hydrogen-bond donors (Lipinski definition) is 1. The quantitative estimate of drug-likeness (QED) is 0.629. The van der Waals surface area contributed by atoms with Crippen molar-refractivity contribution in [1.29, 1.82) is 0 Å². The van der Waals surface area contributed by atoms with Crippen LogP contribution >= 0.6 is 0 Å². The molecule has 1 fully saturated rings. The van der Waals surface area contributed by atoms with Crippen molar-refractivity contribution in [3.63, 3.8) is 0 Å². The fourth-order valence-electron chi connectivity index (χ4n) is 4.35. The number of primary amides is 1. The van der Waals surface area contributed by atoms with E-state index in [1.165, 1.54) is 6.20 Å². The van der Waals surface area contributed by atoms with Gasteiger partial charge in [0, 0.05) is 36.7 Å². The van der Waals surface area contributed by atoms with Crippen LogP contribution in [0.3, 0.4) is 0 Å². The third-order valence-electron chi connectivity index (χ3n) is 6.06.